The molecule has 0 aliphatic carbocycles. The average molecular weight is 266 g/mol. The van der Waals surface area contributed by atoms with Crippen LogP contribution in [0.25, 0.3) is 0 Å². The molecule has 0 saturated carbocycles. The van der Waals surface area contributed by atoms with Gasteiger partial charge in [-0.15, -0.1) is 0 Å². The Hall–Kier alpha value is -2.18. The van der Waals surface area contributed by atoms with Gasteiger partial charge in [-0.2, -0.15) is 18.9 Å². The van der Waals surface area contributed by atoms with Gasteiger partial charge in [0.05, 0.1) is 6.04 Å². The Balaban J connectivity index is 1.84. The third-order valence-electron chi connectivity index (χ3n) is 3.06. The number of hydrogen-bond acceptors (Lipinski definition) is 4. The van der Waals surface area contributed by atoms with Gasteiger partial charge in [0.1, 0.15) is 12.1 Å². The fourth-order valence-corrected chi connectivity index (χ4v) is 2.23. The van der Waals surface area contributed by atoms with E-state index in [1.165, 1.54) is 6.33 Å². The number of nitrogens with one attached hydrogen (secondary N) is 1. The Morgan fingerprint density at radius 2 is 2.11 bits per heavy atom. The third-order valence-corrected chi connectivity index (χ3v) is 3.06. The summed E-state index contributed by atoms with van der Waals surface area (Å²) < 4.78 is 30.3. The molecule has 1 atom stereocenters. The quantitative estimate of drug-likeness (QED) is 0.926. The number of fused-ring (bicyclic) bond motifs is 1. The van der Waals surface area contributed by atoms with Crippen molar-refractivity contribution in [2.45, 2.75) is 19.1 Å². The highest BCUT2D eigenvalue weighted by atomic mass is 19.3. The largest absolute Gasteiger partial charge is 0.435 e. The minimum atomic E-state index is -2.80. The first-order valence-corrected chi connectivity index (χ1v) is 5.92. The van der Waals surface area contributed by atoms with Crippen LogP contribution in [0, 0.1) is 0 Å². The van der Waals surface area contributed by atoms with Crippen molar-refractivity contribution >= 4 is 5.95 Å². The minimum Gasteiger partial charge on any atom is -0.435 e. The van der Waals surface area contributed by atoms with Crippen LogP contribution in [-0.2, 0) is 0 Å². The van der Waals surface area contributed by atoms with E-state index in [2.05, 4.69) is 20.1 Å². The van der Waals surface area contributed by atoms with Crippen molar-refractivity contribution in [1.29, 1.82) is 0 Å². The fourth-order valence-electron chi connectivity index (χ4n) is 2.23. The second-order valence-electron chi connectivity index (χ2n) is 4.21. The third kappa shape index (κ3) is 2.35. The van der Waals surface area contributed by atoms with Gasteiger partial charge in [-0.05, 0) is 24.1 Å². The summed E-state index contributed by atoms with van der Waals surface area (Å²) in [6.45, 7) is -2.00. The van der Waals surface area contributed by atoms with E-state index in [0.29, 0.717) is 0 Å². The van der Waals surface area contributed by atoms with Gasteiger partial charge in [0.25, 0.3) is 0 Å². The Morgan fingerprint density at radius 1 is 1.32 bits per heavy atom. The first kappa shape index (κ1) is 11.9. The van der Waals surface area contributed by atoms with Crippen LogP contribution in [0.15, 0.2) is 30.6 Å². The first-order chi connectivity index (χ1) is 9.24. The summed E-state index contributed by atoms with van der Waals surface area (Å²) in [6.07, 6.45) is 2.36. The van der Waals surface area contributed by atoms with Crippen LogP contribution >= 0.6 is 0 Å². The highest BCUT2D eigenvalue weighted by Gasteiger charge is 2.22. The molecule has 1 aromatic heterocycles. The second kappa shape index (κ2) is 4.83. The maximum absolute atomic E-state index is 12.1. The van der Waals surface area contributed by atoms with E-state index >= 15 is 0 Å². The first-order valence-electron chi connectivity index (χ1n) is 5.92. The average Bonchev–Trinajstić information content (AvgIpc) is 2.87. The van der Waals surface area contributed by atoms with E-state index in [9.17, 15) is 8.78 Å². The van der Waals surface area contributed by atoms with Gasteiger partial charge in [-0.3, -0.25) is 0 Å². The van der Waals surface area contributed by atoms with Crippen LogP contribution in [0.1, 0.15) is 18.0 Å². The van der Waals surface area contributed by atoms with E-state index < -0.39 is 6.61 Å². The van der Waals surface area contributed by atoms with Gasteiger partial charge >= 0.3 is 6.61 Å². The molecular formula is C12H12F2N4O. The van der Waals surface area contributed by atoms with Gasteiger partial charge in [0.15, 0.2) is 0 Å². The standard InChI is InChI=1S/C12H12F2N4O/c13-11(14)19-9-3-1-8(2-4-9)10-5-6-15-12-16-7-17-18(10)12/h1-4,7,10-11H,5-6H2,(H,15,16,17). The Kier molecular flexibility index (Phi) is 3.02. The predicted octanol–water partition coefficient (Wildman–Crippen LogP) is 2.28. The number of anilines is 1. The lowest BCUT2D eigenvalue weighted by molar-refractivity contribution is -0.0498. The van der Waals surface area contributed by atoms with E-state index in [-0.39, 0.29) is 11.8 Å². The molecule has 3 rings (SSSR count). The number of benzene rings is 1. The number of hydrogen-bond donors (Lipinski definition) is 1. The molecule has 0 spiro atoms. The summed E-state index contributed by atoms with van der Waals surface area (Å²) in [7, 11) is 0. The van der Waals surface area contributed by atoms with E-state index in [1.54, 1.807) is 28.9 Å². The molecule has 7 heteroatoms. The second-order valence-corrected chi connectivity index (χ2v) is 4.21. The summed E-state index contributed by atoms with van der Waals surface area (Å²) in [5.74, 6) is 0.885. The zero-order valence-corrected chi connectivity index (χ0v) is 9.96. The normalized spacial score (nSPS) is 17.9. The highest BCUT2D eigenvalue weighted by Crippen LogP contribution is 2.28. The molecule has 2 aromatic rings. The van der Waals surface area contributed by atoms with Crippen molar-refractivity contribution in [3.8, 4) is 5.75 Å². The smallest absolute Gasteiger partial charge is 0.387 e. The van der Waals surface area contributed by atoms with Crippen LogP contribution in [0.3, 0.4) is 0 Å². The maximum Gasteiger partial charge on any atom is 0.387 e. The molecule has 0 fully saturated rings. The number of nitrogens with zero attached hydrogens (tertiary/aromatic N) is 3. The maximum atomic E-state index is 12.1. The zero-order valence-electron chi connectivity index (χ0n) is 9.96. The van der Waals surface area contributed by atoms with Gasteiger partial charge < -0.3 is 10.1 Å². The molecule has 1 aromatic carbocycles. The number of alkyl halides is 2. The van der Waals surface area contributed by atoms with Crippen LogP contribution in [0.5, 0.6) is 5.75 Å². The molecule has 0 amide bonds. The molecule has 1 unspecified atom stereocenters. The molecule has 19 heavy (non-hydrogen) atoms. The van der Waals surface area contributed by atoms with Crippen molar-refractivity contribution in [2.24, 2.45) is 0 Å². The zero-order chi connectivity index (χ0) is 13.2. The van der Waals surface area contributed by atoms with E-state index in [1.807, 2.05) is 0 Å². The molecule has 0 bridgehead atoms. The van der Waals surface area contributed by atoms with Gasteiger partial charge in [-0.1, -0.05) is 12.1 Å². The van der Waals surface area contributed by atoms with Crippen LogP contribution in [-0.4, -0.2) is 27.9 Å². The van der Waals surface area contributed by atoms with Crippen LogP contribution in [0.4, 0.5) is 14.7 Å². The lowest BCUT2D eigenvalue weighted by Crippen LogP contribution is -2.24. The fraction of sp³-hybridized carbons (Fsp3) is 0.333. The Morgan fingerprint density at radius 3 is 2.84 bits per heavy atom. The van der Waals surface area contributed by atoms with Crippen molar-refractivity contribution in [3.63, 3.8) is 0 Å². The lowest BCUT2D eigenvalue weighted by atomic mass is 10.0. The highest BCUT2D eigenvalue weighted by molar-refractivity contribution is 5.34. The molecule has 1 aliphatic rings. The molecule has 1 aliphatic heterocycles. The Bertz CT molecular complexity index is 555. The summed E-state index contributed by atoms with van der Waals surface area (Å²) >= 11 is 0. The minimum absolute atomic E-state index is 0.0688. The molecular weight excluding hydrogens is 254 g/mol. The van der Waals surface area contributed by atoms with Crippen molar-refractivity contribution in [3.05, 3.63) is 36.2 Å². The van der Waals surface area contributed by atoms with Gasteiger partial charge in [0.2, 0.25) is 5.95 Å². The molecule has 0 radical (unpaired) electrons. The van der Waals surface area contributed by atoms with Crippen LogP contribution < -0.4 is 10.1 Å². The van der Waals surface area contributed by atoms with Gasteiger partial charge in [-0.25, -0.2) is 4.68 Å². The van der Waals surface area contributed by atoms with Crippen molar-refractivity contribution < 1.29 is 13.5 Å². The Labute approximate surface area is 108 Å². The monoisotopic (exact) mass is 266 g/mol. The topological polar surface area (TPSA) is 52.0 Å². The molecule has 100 valence electrons. The summed E-state index contributed by atoms with van der Waals surface area (Å²) in [5, 5.41) is 7.32. The van der Waals surface area contributed by atoms with Crippen LogP contribution in [0.2, 0.25) is 0 Å². The van der Waals surface area contributed by atoms with E-state index in [4.69, 9.17) is 0 Å². The molecule has 2 heterocycles. The molecule has 1 N–H and O–H groups in total. The van der Waals surface area contributed by atoms with Crippen molar-refractivity contribution in [1.82, 2.24) is 14.8 Å². The summed E-state index contributed by atoms with van der Waals surface area (Å²) in [5.41, 5.74) is 0.995. The lowest BCUT2D eigenvalue weighted by Gasteiger charge is -2.24. The van der Waals surface area contributed by atoms with E-state index in [0.717, 1.165) is 24.5 Å². The number of ether oxygens (including phenoxy) is 1. The molecule has 0 saturated heterocycles. The number of rotatable bonds is 3. The SMILES string of the molecule is FC(F)Oc1ccc(C2CCNc3ncnn32)cc1. The summed E-state index contributed by atoms with van der Waals surface area (Å²) in [4.78, 5) is 4.11. The predicted molar refractivity (Wildman–Crippen MR) is 64.3 cm³/mol. The number of halogens is 2. The number of aromatic nitrogens is 3. The van der Waals surface area contributed by atoms with Crippen molar-refractivity contribution in [2.75, 3.05) is 11.9 Å². The molecule has 5 nitrogen and oxygen atoms in total. The van der Waals surface area contributed by atoms with Gasteiger partial charge in [0, 0.05) is 6.54 Å². The summed E-state index contributed by atoms with van der Waals surface area (Å²) in [6, 6.07) is 6.71.